The molecule has 1 fully saturated rings. The Bertz CT molecular complexity index is 388. The summed E-state index contributed by atoms with van der Waals surface area (Å²) in [6.07, 6.45) is 2.89. The van der Waals surface area contributed by atoms with Gasteiger partial charge in [0.15, 0.2) is 0 Å². The fraction of sp³-hybridized carbons (Fsp3) is 0.571. The van der Waals surface area contributed by atoms with Gasteiger partial charge in [0.25, 0.3) is 0 Å². The minimum atomic E-state index is -0.0521. The van der Waals surface area contributed by atoms with Gasteiger partial charge in [0.1, 0.15) is 5.75 Å². The molecule has 0 bridgehead atoms. The molecular formula is C14H19NO2. The maximum Gasteiger partial charge on any atom is 0.124 e. The molecule has 3 heteroatoms. The average molecular weight is 233 g/mol. The number of aliphatic hydroxyl groups excluding tert-OH is 1. The second kappa shape index (κ2) is 4.67. The van der Waals surface area contributed by atoms with Crippen molar-refractivity contribution in [3.8, 4) is 5.75 Å². The third-order valence-electron chi connectivity index (χ3n) is 3.82. The number of hydrogen-bond acceptors (Lipinski definition) is 3. The van der Waals surface area contributed by atoms with Gasteiger partial charge in [-0.25, -0.2) is 0 Å². The highest BCUT2D eigenvalue weighted by Crippen LogP contribution is 2.33. The lowest BCUT2D eigenvalue weighted by molar-refractivity contribution is 0.0411. The van der Waals surface area contributed by atoms with E-state index in [1.54, 1.807) is 0 Å². The van der Waals surface area contributed by atoms with Gasteiger partial charge in [-0.05, 0) is 31.4 Å². The van der Waals surface area contributed by atoms with Crippen molar-refractivity contribution in [2.45, 2.75) is 31.4 Å². The van der Waals surface area contributed by atoms with Crippen LogP contribution in [-0.4, -0.2) is 24.4 Å². The van der Waals surface area contributed by atoms with Crippen LogP contribution in [0.4, 0.5) is 0 Å². The Labute approximate surface area is 102 Å². The number of para-hydroxylation sites is 1. The number of aliphatic hydroxyl groups is 1. The van der Waals surface area contributed by atoms with E-state index in [4.69, 9.17) is 4.74 Å². The van der Waals surface area contributed by atoms with Crippen molar-refractivity contribution in [1.82, 2.24) is 5.32 Å². The minimum absolute atomic E-state index is 0.0521. The minimum Gasteiger partial charge on any atom is -0.493 e. The second-order valence-corrected chi connectivity index (χ2v) is 5.13. The highest BCUT2D eigenvalue weighted by atomic mass is 16.5. The van der Waals surface area contributed by atoms with Crippen LogP contribution in [0.25, 0.3) is 0 Å². The van der Waals surface area contributed by atoms with Crippen LogP contribution in [0.2, 0.25) is 0 Å². The normalized spacial score (nSPS) is 31.2. The number of benzene rings is 1. The zero-order valence-electron chi connectivity index (χ0n) is 9.93. The van der Waals surface area contributed by atoms with Crippen molar-refractivity contribution < 1.29 is 9.84 Å². The lowest BCUT2D eigenvalue weighted by Gasteiger charge is -2.34. The van der Waals surface area contributed by atoms with Gasteiger partial charge in [-0.2, -0.15) is 0 Å². The van der Waals surface area contributed by atoms with E-state index in [0.717, 1.165) is 38.2 Å². The monoisotopic (exact) mass is 233 g/mol. The lowest BCUT2D eigenvalue weighted by atomic mass is 9.82. The Morgan fingerprint density at radius 2 is 2.12 bits per heavy atom. The third kappa shape index (κ3) is 2.31. The van der Waals surface area contributed by atoms with Gasteiger partial charge in [-0.1, -0.05) is 18.2 Å². The van der Waals surface area contributed by atoms with E-state index in [9.17, 15) is 5.11 Å². The summed E-state index contributed by atoms with van der Waals surface area (Å²) in [6, 6.07) is 8.68. The molecular weight excluding hydrogens is 214 g/mol. The molecule has 1 aliphatic carbocycles. The topological polar surface area (TPSA) is 41.5 Å². The van der Waals surface area contributed by atoms with Gasteiger partial charge in [0.05, 0.1) is 12.7 Å². The molecule has 2 N–H and O–H groups in total. The molecule has 92 valence electrons. The van der Waals surface area contributed by atoms with Gasteiger partial charge in [-0.3, -0.25) is 0 Å². The van der Waals surface area contributed by atoms with Crippen molar-refractivity contribution >= 4 is 0 Å². The van der Waals surface area contributed by atoms with Gasteiger partial charge < -0.3 is 15.2 Å². The Kier molecular flexibility index (Phi) is 3.04. The second-order valence-electron chi connectivity index (χ2n) is 5.13. The zero-order chi connectivity index (χ0) is 11.7. The molecule has 1 aromatic carbocycles. The number of ether oxygens (including phenoxy) is 1. The first-order valence-corrected chi connectivity index (χ1v) is 6.46. The van der Waals surface area contributed by atoms with E-state index in [-0.39, 0.29) is 6.10 Å². The molecule has 1 unspecified atom stereocenters. The summed E-state index contributed by atoms with van der Waals surface area (Å²) in [7, 11) is 0. The molecule has 3 nitrogen and oxygen atoms in total. The van der Waals surface area contributed by atoms with Crippen LogP contribution in [0.15, 0.2) is 24.3 Å². The summed E-state index contributed by atoms with van der Waals surface area (Å²) in [5.74, 6) is 1.67. The fourth-order valence-electron chi connectivity index (χ4n) is 2.73. The van der Waals surface area contributed by atoms with Crippen molar-refractivity contribution in [1.29, 1.82) is 0 Å². The van der Waals surface area contributed by atoms with Crippen LogP contribution < -0.4 is 10.1 Å². The van der Waals surface area contributed by atoms with E-state index in [0.29, 0.717) is 12.0 Å². The van der Waals surface area contributed by atoms with Crippen LogP contribution in [0.1, 0.15) is 30.9 Å². The smallest absolute Gasteiger partial charge is 0.124 e. The largest absolute Gasteiger partial charge is 0.493 e. The van der Waals surface area contributed by atoms with Crippen molar-refractivity contribution in [3.63, 3.8) is 0 Å². The third-order valence-corrected chi connectivity index (χ3v) is 3.82. The maximum absolute atomic E-state index is 9.27. The van der Waals surface area contributed by atoms with Crippen LogP contribution >= 0.6 is 0 Å². The summed E-state index contributed by atoms with van der Waals surface area (Å²) < 4.78 is 5.64. The summed E-state index contributed by atoms with van der Waals surface area (Å²) in [5.41, 5.74) is 1.28. The van der Waals surface area contributed by atoms with Gasteiger partial charge >= 0.3 is 0 Å². The molecule has 0 saturated heterocycles. The molecule has 2 aliphatic rings. The molecule has 0 aromatic heterocycles. The van der Waals surface area contributed by atoms with Crippen LogP contribution in [0.3, 0.4) is 0 Å². The first kappa shape index (κ1) is 11.1. The molecule has 3 rings (SSSR count). The summed E-state index contributed by atoms with van der Waals surface area (Å²) in [4.78, 5) is 0. The molecule has 17 heavy (non-hydrogen) atoms. The SMILES string of the molecule is OC1CC(CNC2CCOc3ccccc32)C1. The van der Waals surface area contributed by atoms with Gasteiger partial charge in [-0.15, -0.1) is 0 Å². The molecule has 0 amide bonds. The fourth-order valence-corrected chi connectivity index (χ4v) is 2.73. The number of hydrogen-bond donors (Lipinski definition) is 2. The number of fused-ring (bicyclic) bond motifs is 1. The van der Waals surface area contributed by atoms with Crippen molar-refractivity contribution in [2.75, 3.05) is 13.2 Å². The van der Waals surface area contributed by atoms with Crippen molar-refractivity contribution in [2.24, 2.45) is 5.92 Å². The van der Waals surface area contributed by atoms with Gasteiger partial charge in [0, 0.05) is 18.0 Å². The van der Waals surface area contributed by atoms with E-state index in [1.165, 1.54) is 5.56 Å². The van der Waals surface area contributed by atoms with E-state index >= 15 is 0 Å². The predicted molar refractivity (Wildman–Crippen MR) is 66.0 cm³/mol. The van der Waals surface area contributed by atoms with E-state index in [2.05, 4.69) is 17.4 Å². The Morgan fingerprint density at radius 3 is 2.94 bits per heavy atom. The standard InChI is InChI=1S/C14H19NO2/c16-11-7-10(8-11)9-15-13-5-6-17-14-4-2-1-3-12(13)14/h1-4,10-11,13,15-16H,5-9H2. The molecule has 1 aliphatic heterocycles. The first-order valence-electron chi connectivity index (χ1n) is 6.46. The maximum atomic E-state index is 9.27. The molecule has 1 aromatic rings. The molecule has 0 radical (unpaired) electrons. The number of nitrogens with one attached hydrogen (secondary N) is 1. The molecule has 1 saturated carbocycles. The lowest BCUT2D eigenvalue weighted by Crippen LogP contribution is -2.38. The molecule has 0 spiro atoms. The predicted octanol–water partition coefficient (Wildman–Crippen LogP) is 1.87. The quantitative estimate of drug-likeness (QED) is 0.837. The summed E-state index contributed by atoms with van der Waals surface area (Å²) in [5, 5.41) is 12.9. The van der Waals surface area contributed by atoms with Crippen LogP contribution in [0, 0.1) is 5.92 Å². The summed E-state index contributed by atoms with van der Waals surface area (Å²) >= 11 is 0. The Balaban J connectivity index is 1.61. The highest BCUT2D eigenvalue weighted by Gasteiger charge is 2.28. The van der Waals surface area contributed by atoms with Crippen molar-refractivity contribution in [3.05, 3.63) is 29.8 Å². The summed E-state index contributed by atoms with van der Waals surface area (Å²) in [6.45, 7) is 1.80. The first-order chi connectivity index (χ1) is 8.33. The number of rotatable bonds is 3. The Hall–Kier alpha value is -1.06. The molecule has 1 atom stereocenters. The van der Waals surface area contributed by atoms with Crippen LogP contribution in [-0.2, 0) is 0 Å². The van der Waals surface area contributed by atoms with E-state index in [1.807, 2.05) is 12.1 Å². The zero-order valence-corrected chi connectivity index (χ0v) is 9.93. The highest BCUT2D eigenvalue weighted by molar-refractivity contribution is 5.37. The molecule has 1 heterocycles. The van der Waals surface area contributed by atoms with E-state index < -0.39 is 0 Å². The Morgan fingerprint density at radius 1 is 1.29 bits per heavy atom. The average Bonchev–Trinajstić information content (AvgIpc) is 2.33. The van der Waals surface area contributed by atoms with Crippen LogP contribution in [0.5, 0.6) is 5.75 Å². The van der Waals surface area contributed by atoms with Gasteiger partial charge in [0.2, 0.25) is 0 Å².